The molecule has 5 aliphatic heterocycles. The summed E-state index contributed by atoms with van der Waals surface area (Å²) in [5.41, 5.74) is 11.3. The topological polar surface area (TPSA) is 197 Å². The van der Waals surface area contributed by atoms with E-state index in [0.717, 1.165) is 93.6 Å². The van der Waals surface area contributed by atoms with Gasteiger partial charge in [-0.05, 0) is 117 Å². The number of aliphatic hydroxyl groups excluding tert-OH is 1. The Morgan fingerprint density at radius 2 is 1.71 bits per heavy atom. The van der Waals surface area contributed by atoms with Crippen molar-refractivity contribution in [1.82, 2.24) is 35.2 Å². The number of hydrogen-bond donors (Lipinski definition) is 4. The molecule has 17 heteroatoms. The lowest BCUT2D eigenvalue weighted by Crippen LogP contribution is -2.49. The second-order valence-corrected chi connectivity index (χ2v) is 16.7. The van der Waals surface area contributed by atoms with E-state index in [2.05, 4.69) is 48.8 Å². The third kappa shape index (κ3) is 8.76. The lowest BCUT2D eigenvalue weighted by atomic mass is 9.85. The Hall–Kier alpha value is -5.55. The molecule has 5 aliphatic rings. The molecule has 3 aromatic rings. The minimum Gasteiger partial charge on any atom is -0.392 e. The van der Waals surface area contributed by atoms with E-state index in [4.69, 9.17) is 10.7 Å². The molecule has 6 amide bonds. The first kappa shape index (κ1) is 40.2. The second kappa shape index (κ2) is 17.4. The van der Waals surface area contributed by atoms with Crippen molar-refractivity contribution in [3.63, 3.8) is 0 Å². The van der Waals surface area contributed by atoms with Gasteiger partial charge in [0.15, 0.2) is 11.5 Å². The number of imide groups is 1. The number of urea groups is 2. The molecule has 5 fully saturated rings. The number of amides is 6. The van der Waals surface area contributed by atoms with Crippen LogP contribution >= 0.6 is 0 Å². The van der Waals surface area contributed by atoms with Gasteiger partial charge in [-0.3, -0.25) is 19.8 Å². The molecule has 1 aromatic heterocycles. The second-order valence-electron chi connectivity index (χ2n) is 16.7. The highest BCUT2D eigenvalue weighted by Gasteiger charge is 2.35. The fraction of sp³-hybridized carbons (Fsp3) is 0.548. The zero-order valence-corrected chi connectivity index (χ0v) is 34.1. The van der Waals surface area contributed by atoms with E-state index in [1.807, 2.05) is 42.0 Å². The van der Waals surface area contributed by atoms with E-state index >= 15 is 0 Å². The van der Waals surface area contributed by atoms with Crippen molar-refractivity contribution in [3.8, 4) is 0 Å². The summed E-state index contributed by atoms with van der Waals surface area (Å²) in [6.45, 7) is 10.0. The Morgan fingerprint density at radius 3 is 2.41 bits per heavy atom. The van der Waals surface area contributed by atoms with Gasteiger partial charge in [0.05, 0.1) is 12.6 Å². The van der Waals surface area contributed by atoms with Crippen molar-refractivity contribution in [2.75, 3.05) is 92.5 Å². The number of likely N-dealkylation sites (N-methyl/N-ethyl adjacent to an activating group) is 1. The minimum absolute atomic E-state index is 0.0352. The SMILES string of the molecule is Cc1cc(N2CCC(CN3CCC(c4ccc(Nc5nc(N6CCCC(N7CCN(C)C7=O)C6)nnc5C(N)=O)cc4CO)CC3)CC2)ccc1N1CCC(=O)NC1=O. The third-order valence-electron chi connectivity index (χ3n) is 12.9. The van der Waals surface area contributed by atoms with Crippen molar-refractivity contribution in [3.05, 3.63) is 58.8 Å². The maximum absolute atomic E-state index is 12.7. The summed E-state index contributed by atoms with van der Waals surface area (Å²) in [7, 11) is 1.82. The summed E-state index contributed by atoms with van der Waals surface area (Å²) >= 11 is 0. The van der Waals surface area contributed by atoms with Crippen molar-refractivity contribution in [2.45, 2.75) is 70.4 Å². The molecule has 0 saturated carbocycles. The number of piperidine rings is 3. The monoisotopic (exact) mass is 808 g/mol. The van der Waals surface area contributed by atoms with Crippen LogP contribution in [0.5, 0.6) is 0 Å². The molecule has 0 aliphatic carbocycles. The molecule has 8 rings (SSSR count). The number of nitrogens with zero attached hydrogens (tertiary/aromatic N) is 9. The molecule has 0 spiro atoms. The molecule has 1 atom stereocenters. The van der Waals surface area contributed by atoms with Gasteiger partial charge in [0, 0.05) is 82.9 Å². The van der Waals surface area contributed by atoms with E-state index in [1.54, 1.807) is 9.80 Å². The summed E-state index contributed by atoms with van der Waals surface area (Å²) in [6.07, 6.45) is 6.34. The number of likely N-dealkylation sites (tertiary alicyclic amines) is 1. The first-order valence-corrected chi connectivity index (χ1v) is 21.1. The van der Waals surface area contributed by atoms with Gasteiger partial charge in [0.1, 0.15) is 0 Å². The third-order valence-corrected chi connectivity index (χ3v) is 12.9. The maximum atomic E-state index is 12.7. The Labute approximate surface area is 344 Å². The first-order valence-electron chi connectivity index (χ1n) is 21.1. The van der Waals surface area contributed by atoms with Crippen molar-refractivity contribution < 1.29 is 24.3 Å². The van der Waals surface area contributed by atoms with Gasteiger partial charge >= 0.3 is 12.1 Å². The fourth-order valence-electron chi connectivity index (χ4n) is 9.56. The van der Waals surface area contributed by atoms with Crippen LogP contribution in [-0.4, -0.2) is 137 Å². The molecule has 5 N–H and O–H groups in total. The largest absolute Gasteiger partial charge is 0.392 e. The van der Waals surface area contributed by atoms with Gasteiger partial charge in [0.2, 0.25) is 11.9 Å². The number of hydrogen-bond acceptors (Lipinski definition) is 12. The molecule has 314 valence electrons. The van der Waals surface area contributed by atoms with Crippen LogP contribution in [0.4, 0.5) is 38.4 Å². The molecule has 17 nitrogen and oxygen atoms in total. The molecular formula is C42H56N12O5. The summed E-state index contributed by atoms with van der Waals surface area (Å²) in [6, 6.07) is 11.9. The highest BCUT2D eigenvalue weighted by molar-refractivity contribution is 6.06. The lowest BCUT2D eigenvalue weighted by molar-refractivity contribution is -0.120. The number of anilines is 5. The Balaban J connectivity index is 0.844. The molecule has 59 heavy (non-hydrogen) atoms. The number of aryl methyl sites for hydroxylation is 1. The van der Waals surface area contributed by atoms with E-state index in [-0.39, 0.29) is 42.1 Å². The van der Waals surface area contributed by atoms with E-state index in [1.165, 1.54) is 5.69 Å². The average Bonchev–Trinajstić information content (AvgIpc) is 3.58. The quantitative estimate of drug-likeness (QED) is 0.221. The smallest absolute Gasteiger partial charge is 0.328 e. The van der Waals surface area contributed by atoms with Crippen molar-refractivity contribution >= 4 is 52.7 Å². The number of aliphatic hydroxyl groups is 1. The van der Waals surface area contributed by atoms with E-state index < -0.39 is 5.91 Å². The Kier molecular flexibility index (Phi) is 11.8. The maximum Gasteiger partial charge on any atom is 0.328 e. The molecule has 1 unspecified atom stereocenters. The zero-order valence-electron chi connectivity index (χ0n) is 34.1. The average molecular weight is 809 g/mol. The van der Waals surface area contributed by atoms with Gasteiger partial charge < -0.3 is 40.7 Å². The Bertz CT molecular complexity index is 2070. The van der Waals surface area contributed by atoms with Gasteiger partial charge in [-0.15, -0.1) is 10.2 Å². The zero-order chi connectivity index (χ0) is 41.2. The molecule has 0 bridgehead atoms. The predicted molar refractivity (Wildman–Crippen MR) is 224 cm³/mol. The molecule has 5 saturated heterocycles. The Morgan fingerprint density at radius 1 is 0.915 bits per heavy atom. The number of benzene rings is 2. The number of aromatic nitrogens is 3. The first-order chi connectivity index (χ1) is 28.5. The number of nitrogens with one attached hydrogen (secondary N) is 2. The number of rotatable bonds is 11. The predicted octanol–water partition coefficient (Wildman–Crippen LogP) is 3.39. The highest BCUT2D eigenvalue weighted by atomic mass is 16.3. The van der Waals surface area contributed by atoms with Crippen LogP contribution in [-0.2, 0) is 11.4 Å². The number of carbonyl (C=O) groups is 4. The van der Waals surface area contributed by atoms with Crippen LogP contribution in [0.1, 0.15) is 78.0 Å². The van der Waals surface area contributed by atoms with Gasteiger partial charge in [-0.2, -0.15) is 4.98 Å². The van der Waals surface area contributed by atoms with Crippen LogP contribution in [0.25, 0.3) is 0 Å². The summed E-state index contributed by atoms with van der Waals surface area (Å²) in [5.74, 6) is 0.553. The summed E-state index contributed by atoms with van der Waals surface area (Å²) in [4.78, 5) is 66.1. The molecular weight excluding hydrogens is 753 g/mol. The van der Waals surface area contributed by atoms with Crippen molar-refractivity contribution in [2.24, 2.45) is 11.7 Å². The number of nitrogens with two attached hydrogens (primary N) is 1. The normalized spacial score (nSPS) is 21.4. The number of carbonyl (C=O) groups excluding carboxylic acids is 4. The molecule has 2 aromatic carbocycles. The van der Waals surface area contributed by atoms with E-state index in [0.29, 0.717) is 62.6 Å². The summed E-state index contributed by atoms with van der Waals surface area (Å²) < 4.78 is 0. The lowest BCUT2D eigenvalue weighted by Gasteiger charge is -2.39. The molecule has 6 heterocycles. The van der Waals surface area contributed by atoms with Gasteiger partial charge in [-0.1, -0.05) is 6.07 Å². The van der Waals surface area contributed by atoms with Crippen molar-refractivity contribution in [1.29, 1.82) is 0 Å². The molecule has 0 radical (unpaired) electrons. The van der Waals surface area contributed by atoms with Crippen LogP contribution in [0.15, 0.2) is 36.4 Å². The summed E-state index contributed by atoms with van der Waals surface area (Å²) in [5, 5.41) is 24.6. The minimum atomic E-state index is -0.746. The standard InChI is InChI=1S/C42H56N12O5/c1-27-22-32(6-8-35(27)54-19-13-36(56)45-41(54)58)51-17-9-28(10-18-51)24-50-15-11-29(12-16-50)34-7-5-31(23-30(34)26-55)44-39-37(38(43)57)47-48-40(46-39)52-14-3-4-33(25-52)53-21-20-49(2)42(53)59/h5-8,22-23,28-29,33,55H,3-4,9-21,24-26H2,1-2H3,(H2,43,57)(H,44,46,48)(H,45,56,58). The van der Waals surface area contributed by atoms with Crippen LogP contribution in [0.2, 0.25) is 0 Å². The van der Waals surface area contributed by atoms with Gasteiger partial charge in [-0.25, -0.2) is 9.59 Å². The van der Waals surface area contributed by atoms with Crippen LogP contribution in [0, 0.1) is 12.8 Å². The fourth-order valence-corrected chi connectivity index (χ4v) is 9.56. The van der Waals surface area contributed by atoms with E-state index in [9.17, 15) is 24.3 Å². The van der Waals surface area contributed by atoms with Crippen LogP contribution in [0.3, 0.4) is 0 Å². The number of primary amides is 1. The van der Waals surface area contributed by atoms with Gasteiger partial charge in [0.25, 0.3) is 5.91 Å². The van der Waals surface area contributed by atoms with Crippen LogP contribution < -0.4 is 31.1 Å². The highest BCUT2D eigenvalue weighted by Crippen LogP contribution is 2.35.